The van der Waals surface area contributed by atoms with Gasteiger partial charge in [-0.3, -0.25) is 4.79 Å². The molecule has 2 rings (SSSR count). The molecule has 1 aromatic carbocycles. The first-order valence-corrected chi connectivity index (χ1v) is 5.34. The minimum absolute atomic E-state index is 0. The first-order valence-electron chi connectivity index (χ1n) is 4.36. The molecule has 1 aliphatic rings. The lowest BCUT2D eigenvalue weighted by Crippen LogP contribution is -2.19. The third-order valence-electron chi connectivity index (χ3n) is 2.03. The number of fused-ring (bicyclic) bond motifs is 1. The molecule has 1 amide bonds. The molecule has 0 aliphatic carbocycles. The van der Waals surface area contributed by atoms with Crippen LogP contribution in [0.1, 0.15) is 10.4 Å². The highest BCUT2D eigenvalue weighted by molar-refractivity contribution is 8.00. The molecule has 4 nitrogen and oxygen atoms in total. The van der Waals surface area contributed by atoms with Crippen LogP contribution in [-0.4, -0.2) is 24.7 Å². The smallest absolute Gasteiger partial charge is 0.337 e. The van der Waals surface area contributed by atoms with Gasteiger partial charge in [-0.05, 0) is 18.2 Å². The molecule has 0 fully saturated rings. The van der Waals surface area contributed by atoms with E-state index in [1.165, 1.54) is 18.9 Å². The Labute approximate surface area is 103 Å². The molecule has 0 saturated carbocycles. The van der Waals surface area contributed by atoms with Gasteiger partial charge in [-0.1, -0.05) is 0 Å². The third kappa shape index (κ3) is 2.48. The Morgan fingerprint density at radius 1 is 1.50 bits per heavy atom. The SMILES string of the molecule is COC(=O)c1ccc2c(c1)NC(=O)CS2.Cl. The number of rotatable bonds is 1. The van der Waals surface area contributed by atoms with Crippen molar-refractivity contribution in [2.24, 2.45) is 0 Å². The topological polar surface area (TPSA) is 55.4 Å². The summed E-state index contributed by atoms with van der Waals surface area (Å²) in [6.07, 6.45) is 0. The maximum atomic E-state index is 11.2. The average Bonchev–Trinajstić information content (AvgIpc) is 2.27. The largest absolute Gasteiger partial charge is 0.465 e. The molecule has 16 heavy (non-hydrogen) atoms. The van der Waals surface area contributed by atoms with Gasteiger partial charge in [0.2, 0.25) is 5.91 Å². The van der Waals surface area contributed by atoms with Crippen molar-refractivity contribution in [1.29, 1.82) is 0 Å². The van der Waals surface area contributed by atoms with Crippen molar-refractivity contribution in [2.75, 3.05) is 18.2 Å². The van der Waals surface area contributed by atoms with Crippen molar-refractivity contribution < 1.29 is 14.3 Å². The highest BCUT2D eigenvalue weighted by Crippen LogP contribution is 2.31. The third-order valence-corrected chi connectivity index (χ3v) is 3.11. The molecule has 1 aliphatic heterocycles. The quantitative estimate of drug-likeness (QED) is 0.783. The van der Waals surface area contributed by atoms with E-state index in [0.717, 1.165) is 4.90 Å². The number of hydrogen-bond acceptors (Lipinski definition) is 4. The minimum Gasteiger partial charge on any atom is -0.465 e. The molecule has 0 spiro atoms. The summed E-state index contributed by atoms with van der Waals surface area (Å²) in [5.74, 6) is -0.0259. The Kier molecular flexibility index (Phi) is 4.20. The zero-order valence-electron chi connectivity index (χ0n) is 8.48. The standard InChI is InChI=1S/C10H9NO3S.ClH/c1-14-10(13)6-2-3-8-7(4-6)11-9(12)5-15-8;/h2-4H,5H2,1H3,(H,11,12);1H. The summed E-state index contributed by atoms with van der Waals surface area (Å²) < 4.78 is 4.60. The van der Waals surface area contributed by atoms with E-state index < -0.39 is 5.97 Å². The normalized spacial score (nSPS) is 13.2. The van der Waals surface area contributed by atoms with Gasteiger partial charge in [-0.15, -0.1) is 24.2 Å². The van der Waals surface area contributed by atoms with Crippen LogP contribution in [0.2, 0.25) is 0 Å². The lowest BCUT2D eigenvalue weighted by Gasteiger charge is -2.16. The molecule has 1 aromatic rings. The Morgan fingerprint density at radius 2 is 2.25 bits per heavy atom. The first-order chi connectivity index (χ1) is 7.20. The fourth-order valence-corrected chi connectivity index (χ4v) is 2.12. The Balaban J connectivity index is 0.00000128. The zero-order valence-corrected chi connectivity index (χ0v) is 10.1. The van der Waals surface area contributed by atoms with Crippen molar-refractivity contribution in [3.8, 4) is 0 Å². The number of thioether (sulfide) groups is 1. The van der Waals surface area contributed by atoms with E-state index in [1.54, 1.807) is 12.1 Å². The maximum absolute atomic E-state index is 11.2. The van der Waals surface area contributed by atoms with Crippen LogP contribution in [0.3, 0.4) is 0 Å². The summed E-state index contributed by atoms with van der Waals surface area (Å²) in [5.41, 5.74) is 1.12. The van der Waals surface area contributed by atoms with E-state index in [2.05, 4.69) is 10.1 Å². The van der Waals surface area contributed by atoms with E-state index in [-0.39, 0.29) is 18.3 Å². The summed E-state index contributed by atoms with van der Waals surface area (Å²) in [6.45, 7) is 0. The number of amides is 1. The van der Waals surface area contributed by atoms with Gasteiger partial charge in [0.05, 0.1) is 24.1 Å². The molecule has 0 saturated heterocycles. The minimum atomic E-state index is -0.400. The van der Waals surface area contributed by atoms with Crippen molar-refractivity contribution in [1.82, 2.24) is 0 Å². The predicted molar refractivity (Wildman–Crippen MR) is 64.4 cm³/mol. The van der Waals surface area contributed by atoms with E-state index >= 15 is 0 Å². The van der Waals surface area contributed by atoms with Crippen LogP contribution in [0.15, 0.2) is 23.1 Å². The number of benzene rings is 1. The summed E-state index contributed by atoms with van der Waals surface area (Å²) >= 11 is 1.46. The number of esters is 1. The van der Waals surface area contributed by atoms with Gasteiger partial charge in [-0.2, -0.15) is 0 Å². The highest BCUT2D eigenvalue weighted by Gasteiger charge is 2.17. The number of carbonyl (C=O) groups excluding carboxylic acids is 2. The lowest BCUT2D eigenvalue weighted by molar-refractivity contribution is -0.113. The molecular formula is C10H10ClNO3S. The van der Waals surface area contributed by atoms with Crippen molar-refractivity contribution in [3.05, 3.63) is 23.8 Å². The van der Waals surface area contributed by atoms with Crippen LogP contribution in [0, 0.1) is 0 Å². The highest BCUT2D eigenvalue weighted by atomic mass is 35.5. The summed E-state index contributed by atoms with van der Waals surface area (Å²) in [5, 5.41) is 2.71. The Bertz CT molecular complexity index is 436. The number of methoxy groups -OCH3 is 1. The summed E-state index contributed by atoms with van der Waals surface area (Å²) in [7, 11) is 1.33. The van der Waals surface area contributed by atoms with E-state index in [4.69, 9.17) is 0 Å². The number of hydrogen-bond donors (Lipinski definition) is 1. The van der Waals surface area contributed by atoms with Gasteiger partial charge in [-0.25, -0.2) is 4.79 Å². The van der Waals surface area contributed by atoms with Crippen LogP contribution in [0.25, 0.3) is 0 Å². The van der Waals surface area contributed by atoms with Gasteiger partial charge >= 0.3 is 5.97 Å². The Hall–Kier alpha value is -1.20. The van der Waals surface area contributed by atoms with Crippen molar-refractivity contribution in [3.63, 3.8) is 0 Å². The number of ether oxygens (including phenoxy) is 1. The van der Waals surface area contributed by atoms with Gasteiger partial charge in [0.1, 0.15) is 0 Å². The molecule has 6 heteroatoms. The van der Waals surface area contributed by atoms with Crippen LogP contribution in [0.5, 0.6) is 0 Å². The number of halogens is 1. The van der Waals surface area contributed by atoms with Gasteiger partial charge in [0.15, 0.2) is 0 Å². The van der Waals surface area contributed by atoms with Gasteiger partial charge < -0.3 is 10.1 Å². The van der Waals surface area contributed by atoms with E-state index in [0.29, 0.717) is 17.0 Å². The molecule has 1 N–H and O–H groups in total. The molecule has 0 unspecified atom stereocenters. The number of nitrogens with one attached hydrogen (secondary N) is 1. The van der Waals surface area contributed by atoms with Gasteiger partial charge in [0, 0.05) is 4.90 Å². The summed E-state index contributed by atoms with van der Waals surface area (Å²) in [6, 6.07) is 5.13. The molecule has 1 heterocycles. The van der Waals surface area contributed by atoms with Crippen LogP contribution < -0.4 is 5.32 Å². The van der Waals surface area contributed by atoms with Crippen molar-refractivity contribution in [2.45, 2.75) is 4.90 Å². The monoisotopic (exact) mass is 259 g/mol. The molecule has 0 radical (unpaired) electrons. The fourth-order valence-electron chi connectivity index (χ4n) is 1.33. The maximum Gasteiger partial charge on any atom is 0.337 e. The van der Waals surface area contributed by atoms with E-state index in [9.17, 15) is 9.59 Å². The predicted octanol–water partition coefficient (Wildman–Crippen LogP) is 1.94. The van der Waals surface area contributed by atoms with Crippen LogP contribution >= 0.6 is 24.2 Å². The van der Waals surface area contributed by atoms with E-state index in [1.807, 2.05) is 6.07 Å². The molecule has 0 atom stereocenters. The molecule has 86 valence electrons. The number of carbonyl (C=O) groups is 2. The molecular weight excluding hydrogens is 250 g/mol. The Morgan fingerprint density at radius 3 is 2.94 bits per heavy atom. The first kappa shape index (κ1) is 12.9. The van der Waals surface area contributed by atoms with Gasteiger partial charge in [0.25, 0.3) is 0 Å². The second-order valence-corrected chi connectivity index (χ2v) is 4.06. The fraction of sp³-hybridized carbons (Fsp3) is 0.200. The van der Waals surface area contributed by atoms with Crippen LogP contribution in [-0.2, 0) is 9.53 Å². The zero-order chi connectivity index (χ0) is 10.8. The second-order valence-electron chi connectivity index (χ2n) is 3.04. The summed E-state index contributed by atoms with van der Waals surface area (Å²) in [4.78, 5) is 23.3. The number of anilines is 1. The van der Waals surface area contributed by atoms with Crippen LogP contribution in [0.4, 0.5) is 5.69 Å². The second kappa shape index (κ2) is 5.23. The molecule has 0 bridgehead atoms. The average molecular weight is 260 g/mol. The lowest BCUT2D eigenvalue weighted by atomic mass is 10.2. The van der Waals surface area contributed by atoms with Crippen molar-refractivity contribution >= 4 is 41.7 Å². The molecule has 0 aromatic heterocycles.